The van der Waals surface area contributed by atoms with Crippen molar-refractivity contribution in [2.24, 2.45) is 0 Å². The molecule has 2 heterocycles. The Morgan fingerprint density at radius 3 is 3.00 bits per heavy atom. The average molecular weight is 209 g/mol. The molecule has 82 valence electrons. The summed E-state index contributed by atoms with van der Waals surface area (Å²) in [5.41, 5.74) is 0.531. The van der Waals surface area contributed by atoms with E-state index in [0.29, 0.717) is 12.1 Å². The van der Waals surface area contributed by atoms with E-state index in [4.69, 9.17) is 4.74 Å². The van der Waals surface area contributed by atoms with Crippen molar-refractivity contribution in [3.05, 3.63) is 18.0 Å². The second-order valence-corrected chi connectivity index (χ2v) is 3.59. The van der Waals surface area contributed by atoms with Crippen LogP contribution in [0.1, 0.15) is 16.9 Å². The fourth-order valence-corrected chi connectivity index (χ4v) is 1.63. The smallest absolute Gasteiger partial charge is 0.184 e. The summed E-state index contributed by atoms with van der Waals surface area (Å²) < 4.78 is 5.23. The maximum absolute atomic E-state index is 11.6. The summed E-state index contributed by atoms with van der Waals surface area (Å²) in [5, 5.41) is 6.51. The van der Waals surface area contributed by atoms with Crippen molar-refractivity contribution in [1.82, 2.24) is 15.1 Å². The molecule has 0 radical (unpaired) electrons. The molecule has 0 unspecified atom stereocenters. The number of nitrogens with zero attached hydrogens (tertiary/aromatic N) is 2. The summed E-state index contributed by atoms with van der Waals surface area (Å²) >= 11 is 0. The largest absolute Gasteiger partial charge is 0.379 e. The van der Waals surface area contributed by atoms with Gasteiger partial charge in [0.05, 0.1) is 13.2 Å². The molecule has 1 aliphatic rings. The monoisotopic (exact) mass is 209 g/mol. The van der Waals surface area contributed by atoms with Crippen molar-refractivity contribution >= 4 is 5.78 Å². The highest BCUT2D eigenvalue weighted by atomic mass is 16.5. The molecule has 1 N–H and O–H groups in total. The van der Waals surface area contributed by atoms with Crippen molar-refractivity contribution in [3.8, 4) is 0 Å². The minimum atomic E-state index is 0.0998. The molecule has 5 nitrogen and oxygen atoms in total. The van der Waals surface area contributed by atoms with Gasteiger partial charge >= 0.3 is 0 Å². The quantitative estimate of drug-likeness (QED) is 0.725. The summed E-state index contributed by atoms with van der Waals surface area (Å²) in [6.07, 6.45) is 2.20. The van der Waals surface area contributed by atoms with Crippen LogP contribution in [0.3, 0.4) is 0 Å². The lowest BCUT2D eigenvalue weighted by Crippen LogP contribution is -2.37. The fraction of sp³-hybridized carbons (Fsp3) is 0.600. The van der Waals surface area contributed by atoms with E-state index < -0.39 is 0 Å². The van der Waals surface area contributed by atoms with Gasteiger partial charge in [0.15, 0.2) is 5.78 Å². The molecule has 0 atom stereocenters. The number of hydrogen-bond acceptors (Lipinski definition) is 4. The Bertz CT molecular complexity index is 304. The predicted octanol–water partition coefficient (Wildman–Crippen LogP) is 0.315. The Morgan fingerprint density at radius 1 is 1.53 bits per heavy atom. The van der Waals surface area contributed by atoms with Gasteiger partial charge < -0.3 is 4.74 Å². The molecule has 0 spiro atoms. The Balaban J connectivity index is 1.75. The van der Waals surface area contributed by atoms with Crippen LogP contribution in [0.15, 0.2) is 12.3 Å². The second-order valence-electron chi connectivity index (χ2n) is 3.59. The molecule has 0 aromatic carbocycles. The van der Waals surface area contributed by atoms with Gasteiger partial charge in [-0.25, -0.2) is 0 Å². The Morgan fingerprint density at radius 2 is 2.33 bits per heavy atom. The highest BCUT2D eigenvalue weighted by molar-refractivity contribution is 5.94. The number of aromatic nitrogens is 2. The SMILES string of the molecule is O=C(CCN1CCOCC1)c1cc[nH]n1. The van der Waals surface area contributed by atoms with E-state index in [-0.39, 0.29) is 5.78 Å². The van der Waals surface area contributed by atoms with E-state index in [9.17, 15) is 4.79 Å². The second kappa shape index (κ2) is 5.04. The van der Waals surface area contributed by atoms with Gasteiger partial charge in [0.25, 0.3) is 0 Å². The molecule has 0 aliphatic carbocycles. The molecule has 2 rings (SSSR count). The molecular weight excluding hydrogens is 194 g/mol. The third kappa shape index (κ3) is 2.87. The summed E-state index contributed by atoms with van der Waals surface area (Å²) in [4.78, 5) is 13.9. The molecule has 1 aliphatic heterocycles. The standard InChI is InChI=1S/C10H15N3O2/c14-10(9-1-3-11-12-9)2-4-13-5-7-15-8-6-13/h1,3H,2,4-8H2,(H,11,12). The lowest BCUT2D eigenvalue weighted by atomic mass is 10.2. The van der Waals surface area contributed by atoms with Crippen LogP contribution >= 0.6 is 0 Å². The van der Waals surface area contributed by atoms with Crippen LogP contribution in [0.4, 0.5) is 0 Å². The van der Waals surface area contributed by atoms with E-state index in [0.717, 1.165) is 32.8 Å². The van der Waals surface area contributed by atoms with Gasteiger partial charge in [-0.05, 0) is 6.07 Å². The van der Waals surface area contributed by atoms with Crippen LogP contribution in [0.5, 0.6) is 0 Å². The number of H-pyrrole nitrogens is 1. The molecule has 1 aromatic heterocycles. The fourth-order valence-electron chi connectivity index (χ4n) is 1.63. The molecule has 0 amide bonds. The molecule has 1 aromatic rings. The number of rotatable bonds is 4. The van der Waals surface area contributed by atoms with Crippen molar-refractivity contribution in [2.45, 2.75) is 6.42 Å². The zero-order chi connectivity index (χ0) is 10.5. The van der Waals surface area contributed by atoms with Crippen LogP contribution in [-0.2, 0) is 4.74 Å². The predicted molar refractivity (Wildman–Crippen MR) is 54.8 cm³/mol. The van der Waals surface area contributed by atoms with E-state index in [2.05, 4.69) is 15.1 Å². The van der Waals surface area contributed by atoms with Crippen molar-refractivity contribution in [1.29, 1.82) is 0 Å². The van der Waals surface area contributed by atoms with Gasteiger partial charge in [-0.3, -0.25) is 14.8 Å². The maximum atomic E-state index is 11.6. The van der Waals surface area contributed by atoms with Gasteiger partial charge in [0, 0.05) is 32.3 Å². The highest BCUT2D eigenvalue weighted by Crippen LogP contribution is 2.02. The third-order valence-corrected chi connectivity index (χ3v) is 2.55. The van der Waals surface area contributed by atoms with Crippen LogP contribution in [0.2, 0.25) is 0 Å². The zero-order valence-corrected chi connectivity index (χ0v) is 8.61. The summed E-state index contributed by atoms with van der Waals surface area (Å²) in [6, 6.07) is 1.71. The summed E-state index contributed by atoms with van der Waals surface area (Å²) in [7, 11) is 0. The Labute approximate surface area is 88.4 Å². The van der Waals surface area contributed by atoms with Crippen molar-refractivity contribution in [2.75, 3.05) is 32.8 Å². The normalized spacial score (nSPS) is 17.9. The number of hydrogen-bond donors (Lipinski definition) is 1. The van der Waals surface area contributed by atoms with Gasteiger partial charge in [0.2, 0.25) is 0 Å². The van der Waals surface area contributed by atoms with Gasteiger partial charge in [-0.15, -0.1) is 0 Å². The summed E-state index contributed by atoms with van der Waals surface area (Å²) in [6.45, 7) is 4.20. The third-order valence-electron chi connectivity index (χ3n) is 2.55. The minimum absolute atomic E-state index is 0.0998. The molecule has 0 saturated carbocycles. The van der Waals surface area contributed by atoms with Crippen LogP contribution in [0, 0.1) is 0 Å². The molecule has 5 heteroatoms. The van der Waals surface area contributed by atoms with Gasteiger partial charge in [-0.2, -0.15) is 5.10 Å². The zero-order valence-electron chi connectivity index (χ0n) is 8.61. The average Bonchev–Trinajstić information content (AvgIpc) is 2.81. The number of carbonyl (C=O) groups is 1. The Kier molecular flexibility index (Phi) is 3.47. The van der Waals surface area contributed by atoms with E-state index >= 15 is 0 Å². The number of Topliss-reactive ketones (excluding diaryl/α,β-unsaturated/α-hetero) is 1. The first-order valence-electron chi connectivity index (χ1n) is 5.19. The Hall–Kier alpha value is -1.20. The topological polar surface area (TPSA) is 58.2 Å². The number of ether oxygens (including phenoxy) is 1. The first-order chi connectivity index (χ1) is 7.36. The van der Waals surface area contributed by atoms with Crippen LogP contribution in [-0.4, -0.2) is 53.7 Å². The lowest BCUT2D eigenvalue weighted by molar-refractivity contribution is 0.0369. The molecular formula is C10H15N3O2. The first-order valence-corrected chi connectivity index (χ1v) is 5.19. The van der Waals surface area contributed by atoms with E-state index in [1.165, 1.54) is 0 Å². The first kappa shape index (κ1) is 10.3. The molecule has 1 saturated heterocycles. The number of morpholine rings is 1. The van der Waals surface area contributed by atoms with Gasteiger partial charge in [-0.1, -0.05) is 0 Å². The van der Waals surface area contributed by atoms with Crippen LogP contribution in [0.25, 0.3) is 0 Å². The minimum Gasteiger partial charge on any atom is -0.379 e. The van der Waals surface area contributed by atoms with Gasteiger partial charge in [0.1, 0.15) is 5.69 Å². The lowest BCUT2D eigenvalue weighted by Gasteiger charge is -2.25. The number of aromatic amines is 1. The molecule has 1 fully saturated rings. The molecule has 15 heavy (non-hydrogen) atoms. The van der Waals surface area contributed by atoms with E-state index in [1.807, 2.05) is 0 Å². The summed E-state index contributed by atoms with van der Waals surface area (Å²) in [5.74, 6) is 0.0998. The number of nitrogens with one attached hydrogen (secondary N) is 1. The maximum Gasteiger partial charge on any atom is 0.184 e. The van der Waals surface area contributed by atoms with Crippen molar-refractivity contribution in [3.63, 3.8) is 0 Å². The van der Waals surface area contributed by atoms with E-state index in [1.54, 1.807) is 12.3 Å². The number of carbonyl (C=O) groups excluding carboxylic acids is 1. The highest BCUT2D eigenvalue weighted by Gasteiger charge is 2.13. The molecule has 0 bridgehead atoms. The van der Waals surface area contributed by atoms with Crippen molar-refractivity contribution < 1.29 is 9.53 Å². The van der Waals surface area contributed by atoms with Crippen LogP contribution < -0.4 is 0 Å². The number of ketones is 1.